The summed E-state index contributed by atoms with van der Waals surface area (Å²) in [6.07, 6.45) is 1.14. The molecule has 0 aliphatic carbocycles. The number of aliphatic carboxylic acids is 1. The van der Waals surface area contributed by atoms with Crippen LogP contribution in [0.4, 0.5) is 0 Å². The predicted octanol–water partition coefficient (Wildman–Crippen LogP) is 2.64. The Balaban J connectivity index is 2.74. The molecule has 0 aliphatic heterocycles. The van der Waals surface area contributed by atoms with E-state index in [2.05, 4.69) is 5.32 Å². The molecule has 1 aromatic rings. The summed E-state index contributed by atoms with van der Waals surface area (Å²) < 4.78 is 0. The molecule has 0 bridgehead atoms. The Kier molecular flexibility index (Phi) is 5.36. The molecule has 0 fully saturated rings. The van der Waals surface area contributed by atoms with E-state index in [4.69, 9.17) is 11.6 Å². The van der Waals surface area contributed by atoms with Crippen molar-refractivity contribution in [3.05, 3.63) is 34.9 Å². The smallest absolute Gasteiger partial charge is 0.329 e. The average Bonchev–Trinajstić information content (AvgIpc) is 2.32. The minimum Gasteiger partial charge on any atom is -0.480 e. The molecule has 0 radical (unpaired) electrons. The monoisotopic (exact) mass is 283 g/mol. The molecular weight excluding hydrogens is 266 g/mol. The summed E-state index contributed by atoms with van der Waals surface area (Å²) in [6.45, 7) is 3.39. The van der Waals surface area contributed by atoms with Crippen molar-refractivity contribution in [2.45, 2.75) is 38.6 Å². The van der Waals surface area contributed by atoms with Crippen molar-refractivity contribution >= 4 is 23.5 Å². The lowest BCUT2D eigenvalue weighted by atomic mass is 9.96. The van der Waals surface area contributed by atoms with Gasteiger partial charge in [-0.3, -0.25) is 4.79 Å². The lowest BCUT2D eigenvalue weighted by Gasteiger charge is -2.25. The fraction of sp³-hybridized carbons (Fsp3) is 0.429. The van der Waals surface area contributed by atoms with E-state index in [1.54, 1.807) is 24.3 Å². The molecular formula is C14H18ClNO3. The highest BCUT2D eigenvalue weighted by atomic mass is 35.5. The van der Waals surface area contributed by atoms with Gasteiger partial charge in [-0.1, -0.05) is 43.1 Å². The van der Waals surface area contributed by atoms with Crippen molar-refractivity contribution in [3.8, 4) is 0 Å². The maximum absolute atomic E-state index is 11.9. The van der Waals surface area contributed by atoms with E-state index in [9.17, 15) is 14.7 Å². The van der Waals surface area contributed by atoms with Gasteiger partial charge in [0.05, 0.1) is 6.42 Å². The van der Waals surface area contributed by atoms with Crippen LogP contribution < -0.4 is 5.32 Å². The summed E-state index contributed by atoms with van der Waals surface area (Å²) in [6, 6.07) is 7.02. The van der Waals surface area contributed by atoms with Crippen molar-refractivity contribution < 1.29 is 14.7 Å². The van der Waals surface area contributed by atoms with Gasteiger partial charge < -0.3 is 10.4 Å². The minimum absolute atomic E-state index is 0.0757. The number of hydrogen-bond donors (Lipinski definition) is 2. The first-order chi connectivity index (χ1) is 8.89. The van der Waals surface area contributed by atoms with Gasteiger partial charge in [-0.15, -0.1) is 0 Å². The van der Waals surface area contributed by atoms with Crippen molar-refractivity contribution in [2.75, 3.05) is 0 Å². The minimum atomic E-state index is -1.23. The summed E-state index contributed by atoms with van der Waals surface area (Å²) in [5.41, 5.74) is -0.543. The molecule has 0 saturated carbocycles. The molecule has 19 heavy (non-hydrogen) atoms. The molecule has 4 nitrogen and oxygen atoms in total. The Labute approximate surface area is 117 Å². The zero-order valence-corrected chi connectivity index (χ0v) is 11.8. The van der Waals surface area contributed by atoms with Crippen LogP contribution >= 0.6 is 11.6 Å². The van der Waals surface area contributed by atoms with Crippen LogP contribution in [-0.2, 0) is 16.0 Å². The number of carbonyl (C=O) groups is 2. The molecule has 0 saturated heterocycles. The van der Waals surface area contributed by atoms with Gasteiger partial charge in [-0.25, -0.2) is 4.79 Å². The average molecular weight is 284 g/mol. The van der Waals surface area contributed by atoms with Crippen molar-refractivity contribution in [1.29, 1.82) is 0 Å². The van der Waals surface area contributed by atoms with Crippen LogP contribution in [0.5, 0.6) is 0 Å². The number of carbonyl (C=O) groups excluding carboxylic acids is 1. The molecule has 1 amide bonds. The lowest BCUT2D eigenvalue weighted by molar-refractivity contribution is -0.147. The zero-order valence-electron chi connectivity index (χ0n) is 11.1. The first kappa shape index (κ1) is 15.5. The molecule has 1 unspecified atom stereocenters. The largest absolute Gasteiger partial charge is 0.480 e. The second kappa shape index (κ2) is 6.57. The SMILES string of the molecule is CCCC(C)(NC(=O)Cc1ccccc1Cl)C(=O)O. The molecule has 2 N–H and O–H groups in total. The standard InChI is InChI=1S/C14H18ClNO3/c1-3-8-14(2,13(18)19)16-12(17)9-10-6-4-5-7-11(10)15/h4-7H,3,8-9H2,1-2H3,(H,16,17)(H,18,19). The van der Waals surface area contributed by atoms with Crippen LogP contribution in [0.2, 0.25) is 5.02 Å². The Morgan fingerprint density at radius 1 is 1.37 bits per heavy atom. The van der Waals surface area contributed by atoms with Crippen molar-refractivity contribution in [3.63, 3.8) is 0 Å². The molecule has 1 atom stereocenters. The van der Waals surface area contributed by atoms with E-state index in [-0.39, 0.29) is 12.3 Å². The van der Waals surface area contributed by atoms with E-state index in [1.807, 2.05) is 6.92 Å². The normalized spacial score (nSPS) is 13.6. The molecule has 0 aliphatic rings. The summed E-state index contributed by atoms with van der Waals surface area (Å²) in [5, 5.41) is 12.3. The second-order valence-corrected chi connectivity index (χ2v) is 5.11. The topological polar surface area (TPSA) is 66.4 Å². The fourth-order valence-electron chi connectivity index (χ4n) is 1.89. The van der Waals surface area contributed by atoms with Gasteiger partial charge in [-0.05, 0) is 25.0 Å². The zero-order chi connectivity index (χ0) is 14.5. The highest BCUT2D eigenvalue weighted by Gasteiger charge is 2.33. The van der Waals surface area contributed by atoms with Crippen LogP contribution in [0.25, 0.3) is 0 Å². The maximum atomic E-state index is 11.9. The molecule has 0 spiro atoms. The van der Waals surface area contributed by atoms with Gasteiger partial charge in [0.2, 0.25) is 5.91 Å². The highest BCUT2D eigenvalue weighted by molar-refractivity contribution is 6.31. The van der Waals surface area contributed by atoms with Gasteiger partial charge in [-0.2, -0.15) is 0 Å². The van der Waals surface area contributed by atoms with Crippen molar-refractivity contribution in [1.82, 2.24) is 5.32 Å². The number of hydrogen-bond acceptors (Lipinski definition) is 2. The van der Waals surface area contributed by atoms with E-state index in [0.29, 0.717) is 23.4 Å². The number of carboxylic acid groups (broad SMARTS) is 1. The van der Waals surface area contributed by atoms with Crippen LogP contribution in [0, 0.1) is 0 Å². The third-order valence-corrected chi connectivity index (χ3v) is 3.31. The van der Waals surface area contributed by atoms with Crippen LogP contribution in [0.15, 0.2) is 24.3 Å². The molecule has 0 aromatic heterocycles. The van der Waals surface area contributed by atoms with E-state index in [1.165, 1.54) is 6.92 Å². The number of amides is 1. The molecule has 1 aromatic carbocycles. The molecule has 104 valence electrons. The summed E-state index contributed by atoms with van der Waals surface area (Å²) in [7, 11) is 0. The second-order valence-electron chi connectivity index (χ2n) is 4.70. The fourth-order valence-corrected chi connectivity index (χ4v) is 2.09. The van der Waals surface area contributed by atoms with Gasteiger partial charge in [0.1, 0.15) is 5.54 Å². The van der Waals surface area contributed by atoms with Gasteiger partial charge in [0.25, 0.3) is 0 Å². The highest BCUT2D eigenvalue weighted by Crippen LogP contribution is 2.17. The Morgan fingerprint density at radius 2 is 2.00 bits per heavy atom. The maximum Gasteiger partial charge on any atom is 0.329 e. The van der Waals surface area contributed by atoms with Crippen LogP contribution in [0.1, 0.15) is 32.3 Å². The van der Waals surface area contributed by atoms with Crippen LogP contribution in [0.3, 0.4) is 0 Å². The Hall–Kier alpha value is -1.55. The van der Waals surface area contributed by atoms with Crippen LogP contribution in [-0.4, -0.2) is 22.5 Å². The number of nitrogens with one attached hydrogen (secondary N) is 1. The number of carboxylic acids is 1. The van der Waals surface area contributed by atoms with Gasteiger partial charge >= 0.3 is 5.97 Å². The van der Waals surface area contributed by atoms with Gasteiger partial charge in [0.15, 0.2) is 0 Å². The van der Waals surface area contributed by atoms with E-state index in [0.717, 1.165) is 0 Å². The van der Waals surface area contributed by atoms with Crippen molar-refractivity contribution in [2.24, 2.45) is 0 Å². The first-order valence-corrected chi connectivity index (χ1v) is 6.54. The lowest BCUT2D eigenvalue weighted by Crippen LogP contribution is -2.52. The molecule has 1 rings (SSSR count). The third-order valence-electron chi connectivity index (χ3n) is 2.95. The number of halogens is 1. The Bertz CT molecular complexity index is 476. The van der Waals surface area contributed by atoms with E-state index < -0.39 is 11.5 Å². The molecule has 0 heterocycles. The molecule has 5 heteroatoms. The summed E-state index contributed by atoms with van der Waals surface area (Å²) in [5.74, 6) is -1.37. The van der Waals surface area contributed by atoms with Gasteiger partial charge in [0, 0.05) is 5.02 Å². The summed E-state index contributed by atoms with van der Waals surface area (Å²) >= 11 is 5.97. The van der Waals surface area contributed by atoms with E-state index >= 15 is 0 Å². The first-order valence-electron chi connectivity index (χ1n) is 6.17. The predicted molar refractivity (Wildman–Crippen MR) is 74.2 cm³/mol. The number of rotatable bonds is 6. The summed E-state index contributed by atoms with van der Waals surface area (Å²) in [4.78, 5) is 23.2. The third kappa shape index (κ3) is 4.24. The quantitative estimate of drug-likeness (QED) is 0.843. The Morgan fingerprint density at radius 3 is 2.53 bits per heavy atom. The number of benzene rings is 1.